The zero-order valence-corrected chi connectivity index (χ0v) is 6.30. The Morgan fingerprint density at radius 2 is 2.44 bits per heavy atom. The molecule has 0 bridgehead atoms. The Kier molecular flexibility index (Phi) is 2.92. The minimum Gasteiger partial charge on any atom is -0.254 e. The summed E-state index contributed by atoms with van der Waals surface area (Å²) in [7, 11) is 0.141. The molecule has 48 valence electrons. The van der Waals surface area contributed by atoms with Crippen LogP contribution in [0, 0.1) is 0 Å². The zero-order chi connectivity index (χ0) is 6.53. The van der Waals surface area contributed by atoms with Gasteiger partial charge in [0.2, 0.25) is 0 Å². The van der Waals surface area contributed by atoms with Crippen LogP contribution in [0.4, 0.5) is 0 Å². The summed E-state index contributed by atoms with van der Waals surface area (Å²) < 4.78 is 4.37. The van der Waals surface area contributed by atoms with Crippen LogP contribution in [-0.2, 0) is 4.08 Å². The van der Waals surface area contributed by atoms with Gasteiger partial charge in [-0.2, -0.15) is 0 Å². The third kappa shape index (κ3) is 2.27. The Morgan fingerprint density at radius 1 is 1.56 bits per heavy atom. The SMILES string of the molecule is ClOPc1ccccn1. The lowest BCUT2D eigenvalue weighted by Gasteiger charge is -1.91. The molecule has 0 saturated carbocycles. The molecule has 0 aliphatic heterocycles. The van der Waals surface area contributed by atoms with Crippen LogP contribution in [0.15, 0.2) is 24.4 Å². The molecule has 1 atom stereocenters. The topological polar surface area (TPSA) is 22.1 Å². The number of pyridine rings is 1. The van der Waals surface area contributed by atoms with Crippen LogP contribution in [0.2, 0.25) is 0 Å². The van der Waals surface area contributed by atoms with E-state index in [0.29, 0.717) is 0 Å². The second kappa shape index (κ2) is 3.78. The Balaban J connectivity index is 2.61. The highest BCUT2D eigenvalue weighted by Crippen LogP contribution is 2.10. The summed E-state index contributed by atoms with van der Waals surface area (Å²) in [5, 5.41) is 0. The molecular weight excluding hydrogens is 156 g/mol. The van der Waals surface area contributed by atoms with Gasteiger partial charge in [0, 0.05) is 6.20 Å². The van der Waals surface area contributed by atoms with E-state index >= 15 is 0 Å². The van der Waals surface area contributed by atoms with E-state index in [0.717, 1.165) is 5.44 Å². The Hall–Kier alpha value is -0.170. The van der Waals surface area contributed by atoms with Crippen molar-refractivity contribution in [2.24, 2.45) is 0 Å². The average Bonchev–Trinajstić information content (AvgIpc) is 1.91. The van der Waals surface area contributed by atoms with Gasteiger partial charge in [-0.1, -0.05) is 6.07 Å². The number of hydrogen-bond donors (Lipinski definition) is 0. The van der Waals surface area contributed by atoms with E-state index in [9.17, 15) is 0 Å². The van der Waals surface area contributed by atoms with Gasteiger partial charge in [0.25, 0.3) is 0 Å². The maximum Gasteiger partial charge on any atom is 0.0903 e. The molecule has 4 heteroatoms. The van der Waals surface area contributed by atoms with Crippen LogP contribution in [0.5, 0.6) is 0 Å². The van der Waals surface area contributed by atoms with Crippen LogP contribution in [0.3, 0.4) is 0 Å². The molecule has 0 amide bonds. The molecule has 1 rings (SSSR count). The fourth-order valence-corrected chi connectivity index (χ4v) is 1.07. The van der Waals surface area contributed by atoms with E-state index in [1.807, 2.05) is 18.2 Å². The smallest absolute Gasteiger partial charge is 0.0903 e. The average molecular weight is 162 g/mol. The van der Waals surface area contributed by atoms with Crippen molar-refractivity contribution in [1.29, 1.82) is 0 Å². The summed E-state index contributed by atoms with van der Waals surface area (Å²) in [4.78, 5) is 3.97. The molecule has 9 heavy (non-hydrogen) atoms. The van der Waals surface area contributed by atoms with Crippen molar-refractivity contribution < 1.29 is 4.08 Å². The molecule has 0 N–H and O–H groups in total. The Morgan fingerprint density at radius 3 is 3.00 bits per heavy atom. The summed E-state index contributed by atoms with van der Waals surface area (Å²) in [6.45, 7) is 0. The van der Waals surface area contributed by atoms with E-state index in [1.165, 1.54) is 0 Å². The van der Waals surface area contributed by atoms with Crippen LogP contribution >= 0.6 is 20.7 Å². The van der Waals surface area contributed by atoms with Crippen LogP contribution in [-0.4, -0.2) is 4.98 Å². The van der Waals surface area contributed by atoms with Gasteiger partial charge in [-0.25, -0.2) is 0 Å². The molecule has 0 saturated heterocycles. The minimum atomic E-state index is 0.141. The summed E-state index contributed by atoms with van der Waals surface area (Å²) in [6.07, 6.45) is 1.71. The Bertz CT molecular complexity index is 170. The monoisotopic (exact) mass is 161 g/mol. The third-order valence-corrected chi connectivity index (χ3v) is 1.62. The first kappa shape index (κ1) is 6.94. The summed E-state index contributed by atoms with van der Waals surface area (Å²) in [6, 6.07) is 5.61. The summed E-state index contributed by atoms with van der Waals surface area (Å²) >= 11 is 5.01. The summed E-state index contributed by atoms with van der Waals surface area (Å²) in [5.74, 6) is 0. The van der Waals surface area contributed by atoms with Gasteiger partial charge in [0.15, 0.2) is 0 Å². The first-order valence-electron chi connectivity index (χ1n) is 2.38. The van der Waals surface area contributed by atoms with Crippen LogP contribution < -0.4 is 5.44 Å². The van der Waals surface area contributed by atoms with Gasteiger partial charge in [-0.15, -0.1) is 0 Å². The van der Waals surface area contributed by atoms with Crippen molar-refractivity contribution in [3.8, 4) is 0 Å². The van der Waals surface area contributed by atoms with Crippen molar-refractivity contribution in [3.63, 3.8) is 0 Å². The van der Waals surface area contributed by atoms with Crippen molar-refractivity contribution >= 4 is 26.1 Å². The molecular formula is C5H5ClNOP. The van der Waals surface area contributed by atoms with Gasteiger partial charge in [-0.3, -0.25) is 9.06 Å². The predicted molar refractivity (Wildman–Crippen MR) is 39.1 cm³/mol. The molecule has 1 aromatic rings. The molecule has 1 unspecified atom stereocenters. The lowest BCUT2D eigenvalue weighted by Crippen LogP contribution is -1.96. The normalized spacial score (nSPS) is 10.8. The van der Waals surface area contributed by atoms with Crippen molar-refractivity contribution in [2.75, 3.05) is 0 Å². The lowest BCUT2D eigenvalue weighted by atomic mass is 10.5. The molecule has 0 aliphatic rings. The van der Waals surface area contributed by atoms with E-state index in [-0.39, 0.29) is 8.81 Å². The number of hydrogen-bond acceptors (Lipinski definition) is 2. The van der Waals surface area contributed by atoms with Crippen molar-refractivity contribution in [3.05, 3.63) is 24.4 Å². The molecule has 2 nitrogen and oxygen atoms in total. The molecule has 0 fully saturated rings. The second-order valence-corrected chi connectivity index (χ2v) is 2.73. The minimum absolute atomic E-state index is 0.141. The standard InChI is InChI=1S/C5H5ClNOP/c6-8-9-5-3-1-2-4-7-5/h1-4,9H. The van der Waals surface area contributed by atoms with Gasteiger partial charge in [0.05, 0.1) is 26.1 Å². The van der Waals surface area contributed by atoms with Gasteiger partial charge >= 0.3 is 0 Å². The van der Waals surface area contributed by atoms with Crippen molar-refractivity contribution in [2.45, 2.75) is 0 Å². The van der Waals surface area contributed by atoms with E-state index in [2.05, 4.69) is 9.06 Å². The molecule has 1 heterocycles. The highest BCUT2D eigenvalue weighted by Gasteiger charge is 1.88. The number of nitrogens with zero attached hydrogens (tertiary/aromatic N) is 1. The van der Waals surface area contributed by atoms with E-state index < -0.39 is 0 Å². The maximum absolute atomic E-state index is 5.01. The quantitative estimate of drug-likeness (QED) is 0.613. The predicted octanol–water partition coefficient (Wildman–Crippen LogP) is 1.47. The number of aromatic nitrogens is 1. The van der Waals surface area contributed by atoms with Crippen LogP contribution in [0.25, 0.3) is 0 Å². The maximum atomic E-state index is 5.01. The summed E-state index contributed by atoms with van der Waals surface area (Å²) in [5.41, 5.74) is 0.868. The second-order valence-electron chi connectivity index (χ2n) is 1.39. The number of halogens is 1. The Labute approximate surface area is 60.2 Å². The number of rotatable bonds is 2. The largest absolute Gasteiger partial charge is 0.254 e. The first-order chi connectivity index (χ1) is 4.43. The van der Waals surface area contributed by atoms with Gasteiger partial charge in [-0.05, 0) is 12.1 Å². The zero-order valence-electron chi connectivity index (χ0n) is 4.54. The highest BCUT2D eigenvalue weighted by molar-refractivity contribution is 7.42. The third-order valence-electron chi connectivity index (χ3n) is 0.808. The van der Waals surface area contributed by atoms with Crippen molar-refractivity contribution in [1.82, 2.24) is 4.98 Å². The van der Waals surface area contributed by atoms with E-state index in [4.69, 9.17) is 11.9 Å². The van der Waals surface area contributed by atoms with Gasteiger partial charge < -0.3 is 0 Å². The molecule has 0 aliphatic carbocycles. The first-order valence-corrected chi connectivity index (χ1v) is 3.60. The van der Waals surface area contributed by atoms with Gasteiger partial charge in [0.1, 0.15) is 0 Å². The highest BCUT2D eigenvalue weighted by atomic mass is 35.5. The lowest BCUT2D eigenvalue weighted by molar-refractivity contribution is 0.718. The van der Waals surface area contributed by atoms with Crippen LogP contribution in [0.1, 0.15) is 0 Å². The fourth-order valence-electron chi connectivity index (χ4n) is 0.463. The molecule has 0 spiro atoms. The molecule has 0 radical (unpaired) electrons. The molecule has 0 aromatic carbocycles. The molecule has 1 aromatic heterocycles. The fraction of sp³-hybridized carbons (Fsp3) is 0. The van der Waals surface area contributed by atoms with E-state index in [1.54, 1.807) is 6.20 Å².